The van der Waals surface area contributed by atoms with Crippen molar-refractivity contribution in [3.05, 3.63) is 243 Å². The van der Waals surface area contributed by atoms with E-state index >= 15 is 0 Å². The predicted molar refractivity (Wildman–Crippen MR) is 255 cm³/mol. The zero-order valence-electron chi connectivity index (χ0n) is 33.0. The maximum atomic E-state index is 2.43. The van der Waals surface area contributed by atoms with Gasteiger partial charge in [-0.15, -0.1) is 0 Å². The van der Waals surface area contributed by atoms with Gasteiger partial charge in [0.2, 0.25) is 0 Å². The molecule has 11 rings (SSSR count). The van der Waals surface area contributed by atoms with Crippen LogP contribution in [0.15, 0.2) is 243 Å². The average Bonchev–Trinajstić information content (AvgIpc) is 3.66. The van der Waals surface area contributed by atoms with Gasteiger partial charge in [-0.25, -0.2) is 0 Å². The van der Waals surface area contributed by atoms with Crippen molar-refractivity contribution in [1.82, 2.24) is 4.57 Å². The van der Waals surface area contributed by atoms with Gasteiger partial charge in [-0.05, 0) is 116 Å². The Morgan fingerprint density at radius 1 is 0.267 bits per heavy atom. The standard InChI is InChI=1S/C58H40N2/c1-3-17-43(18-4-1)55-40-50(36-37-51(55)52-24-9-12-27-56(52)60-57-28-13-10-25-53(57)54-26-11-14-29-58(54)60)59(48-22-5-2-6-23-48)49-34-32-42(33-35-49)45-20-15-21-46(38-45)47-31-30-41-16-7-8-19-44(41)39-47/h1-40H. The van der Waals surface area contributed by atoms with Crippen LogP contribution in [-0.2, 0) is 0 Å². The zero-order chi connectivity index (χ0) is 39.8. The molecule has 0 radical (unpaired) electrons. The van der Waals surface area contributed by atoms with Crippen molar-refractivity contribution in [3.8, 4) is 50.2 Å². The van der Waals surface area contributed by atoms with E-state index < -0.39 is 0 Å². The number of rotatable bonds is 8. The minimum Gasteiger partial charge on any atom is -0.310 e. The highest BCUT2D eigenvalue weighted by Gasteiger charge is 2.20. The second-order valence-electron chi connectivity index (χ2n) is 15.3. The minimum absolute atomic E-state index is 1.09. The fraction of sp³-hybridized carbons (Fsp3) is 0. The number of anilines is 3. The first-order chi connectivity index (χ1) is 29.8. The van der Waals surface area contributed by atoms with Crippen LogP contribution in [0.25, 0.3) is 82.8 Å². The molecule has 282 valence electrons. The molecule has 10 aromatic carbocycles. The van der Waals surface area contributed by atoms with Gasteiger partial charge < -0.3 is 9.47 Å². The van der Waals surface area contributed by atoms with Gasteiger partial charge in [0.25, 0.3) is 0 Å². The van der Waals surface area contributed by atoms with Crippen molar-refractivity contribution < 1.29 is 0 Å². The molecule has 0 atom stereocenters. The van der Waals surface area contributed by atoms with Gasteiger partial charge >= 0.3 is 0 Å². The lowest BCUT2D eigenvalue weighted by Gasteiger charge is -2.27. The molecule has 0 spiro atoms. The van der Waals surface area contributed by atoms with Gasteiger partial charge in [0.05, 0.1) is 16.7 Å². The summed E-state index contributed by atoms with van der Waals surface area (Å²) in [6.07, 6.45) is 0. The molecule has 1 heterocycles. The van der Waals surface area contributed by atoms with E-state index in [0.717, 1.165) is 22.7 Å². The summed E-state index contributed by atoms with van der Waals surface area (Å²) in [5.41, 5.74) is 16.3. The van der Waals surface area contributed by atoms with Gasteiger partial charge in [0, 0.05) is 33.4 Å². The van der Waals surface area contributed by atoms with Crippen molar-refractivity contribution >= 4 is 49.6 Å². The summed E-state index contributed by atoms with van der Waals surface area (Å²) < 4.78 is 2.43. The molecule has 0 saturated heterocycles. The molecule has 0 fully saturated rings. The molecule has 0 unspecified atom stereocenters. The number of para-hydroxylation sites is 4. The first-order valence-corrected chi connectivity index (χ1v) is 20.6. The molecule has 60 heavy (non-hydrogen) atoms. The lowest BCUT2D eigenvalue weighted by atomic mass is 9.92. The smallest absolute Gasteiger partial charge is 0.0541 e. The lowest BCUT2D eigenvalue weighted by Crippen LogP contribution is -2.10. The summed E-state index contributed by atoms with van der Waals surface area (Å²) in [6.45, 7) is 0. The highest BCUT2D eigenvalue weighted by atomic mass is 15.1. The van der Waals surface area contributed by atoms with Crippen LogP contribution < -0.4 is 4.90 Å². The molecule has 0 amide bonds. The number of hydrogen-bond donors (Lipinski definition) is 0. The maximum Gasteiger partial charge on any atom is 0.0541 e. The molecule has 0 aliphatic heterocycles. The molecule has 0 N–H and O–H groups in total. The third-order valence-corrected chi connectivity index (χ3v) is 11.8. The van der Waals surface area contributed by atoms with E-state index in [-0.39, 0.29) is 0 Å². The predicted octanol–water partition coefficient (Wildman–Crippen LogP) is 16.1. The highest BCUT2D eigenvalue weighted by Crippen LogP contribution is 2.44. The fourth-order valence-corrected chi connectivity index (χ4v) is 8.92. The van der Waals surface area contributed by atoms with E-state index in [2.05, 4.69) is 252 Å². The third-order valence-electron chi connectivity index (χ3n) is 11.8. The first kappa shape index (κ1) is 35.2. The van der Waals surface area contributed by atoms with Crippen molar-refractivity contribution in [2.24, 2.45) is 0 Å². The van der Waals surface area contributed by atoms with Gasteiger partial charge in [-0.3, -0.25) is 0 Å². The normalized spacial score (nSPS) is 11.3. The van der Waals surface area contributed by atoms with Crippen LogP contribution in [0.5, 0.6) is 0 Å². The largest absolute Gasteiger partial charge is 0.310 e. The van der Waals surface area contributed by atoms with Gasteiger partial charge in [-0.2, -0.15) is 0 Å². The molecule has 11 aromatic rings. The quantitative estimate of drug-likeness (QED) is 0.150. The Hall–Kier alpha value is -7.94. The Balaban J connectivity index is 1.02. The Kier molecular flexibility index (Phi) is 8.87. The van der Waals surface area contributed by atoms with Crippen molar-refractivity contribution in [3.63, 3.8) is 0 Å². The van der Waals surface area contributed by atoms with Crippen molar-refractivity contribution in [1.29, 1.82) is 0 Å². The molecule has 0 aliphatic carbocycles. The van der Waals surface area contributed by atoms with Gasteiger partial charge in [-0.1, -0.05) is 176 Å². The number of hydrogen-bond acceptors (Lipinski definition) is 1. The topological polar surface area (TPSA) is 8.17 Å². The van der Waals surface area contributed by atoms with E-state index in [1.54, 1.807) is 0 Å². The van der Waals surface area contributed by atoms with E-state index in [9.17, 15) is 0 Å². The van der Waals surface area contributed by atoms with Crippen LogP contribution in [0.1, 0.15) is 0 Å². The second-order valence-corrected chi connectivity index (χ2v) is 15.3. The van der Waals surface area contributed by atoms with Gasteiger partial charge in [0.15, 0.2) is 0 Å². The monoisotopic (exact) mass is 764 g/mol. The Labute approximate surface area is 350 Å². The van der Waals surface area contributed by atoms with Crippen LogP contribution in [0.2, 0.25) is 0 Å². The molecule has 2 nitrogen and oxygen atoms in total. The van der Waals surface area contributed by atoms with E-state index in [1.807, 2.05) is 0 Å². The summed E-state index contributed by atoms with van der Waals surface area (Å²) in [7, 11) is 0. The summed E-state index contributed by atoms with van der Waals surface area (Å²) in [5.74, 6) is 0. The van der Waals surface area contributed by atoms with Crippen LogP contribution in [0, 0.1) is 0 Å². The first-order valence-electron chi connectivity index (χ1n) is 20.6. The van der Waals surface area contributed by atoms with Crippen LogP contribution in [-0.4, -0.2) is 4.57 Å². The van der Waals surface area contributed by atoms with Crippen LogP contribution in [0.4, 0.5) is 17.1 Å². The molecular formula is C58H40N2. The Morgan fingerprint density at radius 3 is 1.55 bits per heavy atom. The molecule has 0 saturated carbocycles. The molecule has 0 bridgehead atoms. The maximum absolute atomic E-state index is 2.43. The third kappa shape index (κ3) is 6.32. The number of nitrogens with zero attached hydrogens (tertiary/aromatic N) is 2. The van der Waals surface area contributed by atoms with Gasteiger partial charge in [0.1, 0.15) is 0 Å². The van der Waals surface area contributed by atoms with Crippen LogP contribution in [0.3, 0.4) is 0 Å². The second kappa shape index (κ2) is 15.1. The van der Waals surface area contributed by atoms with E-state index in [1.165, 1.54) is 77.1 Å². The molecule has 1 aromatic heterocycles. The molecule has 2 heteroatoms. The van der Waals surface area contributed by atoms with Crippen molar-refractivity contribution in [2.45, 2.75) is 0 Å². The highest BCUT2D eigenvalue weighted by molar-refractivity contribution is 6.10. The summed E-state index contributed by atoms with van der Waals surface area (Å²) in [6, 6.07) is 87.9. The summed E-state index contributed by atoms with van der Waals surface area (Å²) in [4.78, 5) is 2.37. The Bertz CT molecular complexity index is 3250. The van der Waals surface area contributed by atoms with Crippen LogP contribution >= 0.6 is 0 Å². The van der Waals surface area contributed by atoms with Crippen molar-refractivity contribution in [2.75, 3.05) is 4.90 Å². The summed E-state index contributed by atoms with van der Waals surface area (Å²) in [5, 5.41) is 5.01. The SMILES string of the molecule is c1ccc(-c2cc(N(c3ccccc3)c3ccc(-c4cccc(-c5ccc6ccccc6c5)c4)cc3)ccc2-c2ccccc2-n2c3ccccc3c3ccccc32)cc1. The van der Waals surface area contributed by atoms with E-state index in [0.29, 0.717) is 0 Å². The number of benzene rings is 10. The number of aromatic nitrogens is 1. The minimum atomic E-state index is 1.09. The Morgan fingerprint density at radius 2 is 0.800 bits per heavy atom. The zero-order valence-corrected chi connectivity index (χ0v) is 33.0. The molecule has 0 aliphatic rings. The average molecular weight is 765 g/mol. The fourth-order valence-electron chi connectivity index (χ4n) is 8.92. The lowest BCUT2D eigenvalue weighted by molar-refractivity contribution is 1.18. The van der Waals surface area contributed by atoms with E-state index in [4.69, 9.17) is 0 Å². The number of fused-ring (bicyclic) bond motifs is 4. The summed E-state index contributed by atoms with van der Waals surface area (Å²) >= 11 is 0. The molecular weight excluding hydrogens is 725 g/mol.